The maximum Gasteiger partial charge on any atom is 0.306 e. The molecule has 0 aliphatic heterocycles. The Labute approximate surface area is 126 Å². The number of benzene rings is 1. The molecule has 0 bridgehead atoms. The average molecular weight is 315 g/mol. The van der Waals surface area contributed by atoms with Crippen LogP contribution < -0.4 is 5.32 Å². The highest BCUT2D eigenvalue weighted by atomic mass is 35.5. The third kappa shape index (κ3) is 4.71. The summed E-state index contributed by atoms with van der Waals surface area (Å²) in [6.45, 7) is 1.79. The Kier molecular flexibility index (Phi) is 6.10. The van der Waals surface area contributed by atoms with Crippen molar-refractivity contribution < 1.29 is 19.6 Å². The highest BCUT2D eigenvalue weighted by Gasteiger charge is 2.22. The van der Waals surface area contributed by atoms with E-state index in [0.29, 0.717) is 12.8 Å². The molecule has 1 rings (SSSR count). The van der Waals surface area contributed by atoms with Gasteiger partial charge < -0.3 is 10.4 Å². The van der Waals surface area contributed by atoms with E-state index in [9.17, 15) is 19.7 Å². The quantitative estimate of drug-likeness (QED) is 0.456. The van der Waals surface area contributed by atoms with Gasteiger partial charge in [0, 0.05) is 12.6 Å². The molecular formula is C13H15ClN2O5. The molecule has 0 fully saturated rings. The van der Waals surface area contributed by atoms with Crippen LogP contribution in [-0.4, -0.2) is 28.5 Å². The lowest BCUT2D eigenvalue weighted by atomic mass is 10.1. The number of nitro groups is 1. The Bertz CT molecular complexity index is 561. The lowest BCUT2D eigenvalue weighted by molar-refractivity contribution is -0.385. The summed E-state index contributed by atoms with van der Waals surface area (Å²) in [5.41, 5.74) is -0.547. The number of aliphatic carboxylic acids is 1. The van der Waals surface area contributed by atoms with Crippen molar-refractivity contribution >= 4 is 29.2 Å². The van der Waals surface area contributed by atoms with E-state index in [4.69, 9.17) is 16.7 Å². The summed E-state index contributed by atoms with van der Waals surface area (Å²) in [5, 5.41) is 22.1. The summed E-state index contributed by atoms with van der Waals surface area (Å²) < 4.78 is 0. The van der Waals surface area contributed by atoms with Crippen molar-refractivity contribution in [1.29, 1.82) is 0 Å². The minimum absolute atomic E-state index is 0.000559. The van der Waals surface area contributed by atoms with Gasteiger partial charge in [-0.3, -0.25) is 19.7 Å². The fraction of sp³-hybridized carbons (Fsp3) is 0.385. The van der Waals surface area contributed by atoms with Gasteiger partial charge in [-0.2, -0.15) is 0 Å². The van der Waals surface area contributed by atoms with E-state index in [2.05, 4.69) is 5.32 Å². The molecule has 1 aromatic rings. The number of nitrogens with zero attached hydrogens (tertiary/aromatic N) is 1. The lowest BCUT2D eigenvalue weighted by Gasteiger charge is -2.08. The van der Waals surface area contributed by atoms with Crippen LogP contribution >= 0.6 is 11.6 Å². The minimum Gasteiger partial charge on any atom is -0.481 e. The van der Waals surface area contributed by atoms with Crippen molar-refractivity contribution in [2.24, 2.45) is 5.92 Å². The monoisotopic (exact) mass is 314 g/mol. The number of amides is 1. The molecule has 1 unspecified atom stereocenters. The number of hydrogen-bond acceptors (Lipinski definition) is 4. The van der Waals surface area contributed by atoms with Crippen LogP contribution in [0.15, 0.2) is 18.2 Å². The van der Waals surface area contributed by atoms with Gasteiger partial charge >= 0.3 is 5.97 Å². The first-order valence-electron chi connectivity index (χ1n) is 6.28. The Morgan fingerprint density at radius 1 is 1.48 bits per heavy atom. The van der Waals surface area contributed by atoms with E-state index < -0.39 is 22.7 Å². The number of carboxylic acids is 1. The highest BCUT2D eigenvalue weighted by molar-refractivity contribution is 6.34. The summed E-state index contributed by atoms with van der Waals surface area (Å²) in [4.78, 5) is 32.8. The predicted octanol–water partition coefficient (Wildman–Crippen LogP) is 2.48. The number of carbonyl (C=O) groups is 2. The van der Waals surface area contributed by atoms with E-state index in [1.807, 2.05) is 0 Å². The van der Waals surface area contributed by atoms with E-state index >= 15 is 0 Å². The SMILES string of the molecule is CC(CCCNC(=O)c1c(Cl)cccc1[N+](=O)[O-])C(=O)O. The third-order valence-electron chi connectivity index (χ3n) is 2.94. The first-order chi connectivity index (χ1) is 9.84. The predicted molar refractivity (Wildman–Crippen MR) is 76.5 cm³/mol. The zero-order valence-electron chi connectivity index (χ0n) is 11.3. The smallest absolute Gasteiger partial charge is 0.306 e. The first kappa shape index (κ1) is 16.9. The zero-order valence-corrected chi connectivity index (χ0v) is 12.1. The summed E-state index contributed by atoms with van der Waals surface area (Å²) >= 11 is 5.83. The van der Waals surface area contributed by atoms with Gasteiger partial charge in [0.2, 0.25) is 0 Å². The normalized spacial score (nSPS) is 11.7. The molecule has 21 heavy (non-hydrogen) atoms. The highest BCUT2D eigenvalue weighted by Crippen LogP contribution is 2.25. The molecule has 0 saturated carbocycles. The molecule has 0 aromatic heterocycles. The van der Waals surface area contributed by atoms with Crippen molar-refractivity contribution in [2.75, 3.05) is 6.54 Å². The second-order valence-corrected chi connectivity index (χ2v) is 4.94. The maximum absolute atomic E-state index is 12.0. The van der Waals surface area contributed by atoms with Gasteiger partial charge in [0.15, 0.2) is 0 Å². The molecule has 114 valence electrons. The molecule has 0 spiro atoms. The summed E-state index contributed by atoms with van der Waals surface area (Å²) in [7, 11) is 0. The van der Waals surface area contributed by atoms with E-state index in [-0.39, 0.29) is 22.8 Å². The Balaban J connectivity index is 2.65. The van der Waals surface area contributed by atoms with Gasteiger partial charge in [0.1, 0.15) is 5.56 Å². The Morgan fingerprint density at radius 3 is 2.71 bits per heavy atom. The van der Waals surface area contributed by atoms with Gasteiger partial charge in [-0.1, -0.05) is 24.6 Å². The molecule has 2 N–H and O–H groups in total. The maximum atomic E-state index is 12.0. The van der Waals surface area contributed by atoms with Crippen LogP contribution in [0, 0.1) is 16.0 Å². The van der Waals surface area contributed by atoms with E-state index in [1.165, 1.54) is 18.2 Å². The van der Waals surface area contributed by atoms with Crippen molar-refractivity contribution in [3.05, 3.63) is 38.9 Å². The molecule has 0 aliphatic carbocycles. The molecule has 0 saturated heterocycles. The van der Waals surface area contributed by atoms with Crippen molar-refractivity contribution in [3.8, 4) is 0 Å². The fourth-order valence-corrected chi connectivity index (χ4v) is 1.97. The number of nitrogens with one attached hydrogen (secondary N) is 1. The van der Waals surface area contributed by atoms with Crippen molar-refractivity contribution in [1.82, 2.24) is 5.32 Å². The summed E-state index contributed by atoms with van der Waals surface area (Å²) in [6.07, 6.45) is 0.859. The van der Waals surface area contributed by atoms with E-state index in [1.54, 1.807) is 6.92 Å². The Morgan fingerprint density at radius 2 is 2.14 bits per heavy atom. The van der Waals surface area contributed by atoms with Crippen LogP contribution in [0.25, 0.3) is 0 Å². The van der Waals surface area contributed by atoms with Crippen LogP contribution in [0.4, 0.5) is 5.69 Å². The van der Waals surface area contributed by atoms with Gasteiger partial charge in [0.25, 0.3) is 11.6 Å². The summed E-state index contributed by atoms with van der Waals surface area (Å²) in [6, 6.07) is 4.00. The van der Waals surface area contributed by atoms with Gasteiger partial charge in [-0.05, 0) is 18.9 Å². The molecule has 0 heterocycles. The zero-order chi connectivity index (χ0) is 16.0. The van der Waals surface area contributed by atoms with Crippen LogP contribution in [0.5, 0.6) is 0 Å². The third-order valence-corrected chi connectivity index (χ3v) is 3.25. The number of rotatable bonds is 7. The molecular weight excluding hydrogens is 300 g/mol. The molecule has 7 nitrogen and oxygen atoms in total. The number of carboxylic acid groups (broad SMARTS) is 1. The molecule has 1 amide bonds. The fourth-order valence-electron chi connectivity index (χ4n) is 1.71. The second kappa shape index (κ2) is 7.58. The van der Waals surface area contributed by atoms with Crippen LogP contribution in [-0.2, 0) is 4.79 Å². The largest absolute Gasteiger partial charge is 0.481 e. The summed E-state index contributed by atoms with van der Waals surface area (Å²) in [5.74, 6) is -2.05. The van der Waals surface area contributed by atoms with Gasteiger partial charge in [-0.15, -0.1) is 0 Å². The average Bonchev–Trinajstić information content (AvgIpc) is 2.42. The van der Waals surface area contributed by atoms with Crippen LogP contribution in [0.2, 0.25) is 5.02 Å². The lowest BCUT2D eigenvalue weighted by Crippen LogP contribution is -2.26. The number of hydrogen-bond donors (Lipinski definition) is 2. The van der Waals surface area contributed by atoms with E-state index in [0.717, 1.165) is 0 Å². The first-order valence-corrected chi connectivity index (χ1v) is 6.66. The van der Waals surface area contributed by atoms with Crippen molar-refractivity contribution in [3.63, 3.8) is 0 Å². The molecule has 1 atom stereocenters. The minimum atomic E-state index is -0.900. The molecule has 1 aromatic carbocycles. The molecule has 0 radical (unpaired) electrons. The van der Waals surface area contributed by atoms with Crippen molar-refractivity contribution in [2.45, 2.75) is 19.8 Å². The standard InChI is InChI=1S/C13H15ClN2O5/c1-8(13(18)19)4-3-7-15-12(17)11-9(14)5-2-6-10(11)16(20)21/h2,5-6,8H,3-4,7H2,1H3,(H,15,17)(H,18,19). The van der Waals surface area contributed by atoms with Crippen LogP contribution in [0.3, 0.4) is 0 Å². The number of carbonyl (C=O) groups excluding carboxylic acids is 1. The van der Waals surface area contributed by atoms with Crippen LogP contribution in [0.1, 0.15) is 30.1 Å². The van der Waals surface area contributed by atoms with Gasteiger partial charge in [0.05, 0.1) is 15.9 Å². The Hall–Kier alpha value is -2.15. The second-order valence-electron chi connectivity index (χ2n) is 4.53. The topological polar surface area (TPSA) is 110 Å². The number of nitro benzene ring substituents is 1. The number of halogens is 1. The molecule has 0 aliphatic rings. The molecule has 8 heteroatoms. The van der Waals surface area contributed by atoms with Gasteiger partial charge in [-0.25, -0.2) is 0 Å².